The van der Waals surface area contributed by atoms with Crippen LogP contribution >= 0.6 is 11.6 Å². The highest BCUT2D eigenvalue weighted by atomic mass is 35.5. The fourth-order valence-electron chi connectivity index (χ4n) is 3.90. The lowest BCUT2D eigenvalue weighted by Crippen LogP contribution is -2.61. The SMILES string of the molecule is O=C1CN(Cc2ccccc2Cl)[C@H]2CS(=O)(=O)C[C@@H]2N1c1ccccc1. The third kappa shape index (κ3) is 3.24. The number of rotatable bonds is 3. The van der Waals surface area contributed by atoms with Crippen LogP contribution in [0.2, 0.25) is 5.02 Å². The van der Waals surface area contributed by atoms with E-state index in [1.165, 1.54) is 0 Å². The van der Waals surface area contributed by atoms with Crippen molar-refractivity contribution in [3.05, 3.63) is 65.2 Å². The summed E-state index contributed by atoms with van der Waals surface area (Å²) < 4.78 is 24.7. The number of nitrogens with zero attached hydrogens (tertiary/aromatic N) is 2. The lowest BCUT2D eigenvalue weighted by atomic mass is 10.0. The average Bonchev–Trinajstić information content (AvgIpc) is 2.93. The van der Waals surface area contributed by atoms with Crippen molar-refractivity contribution in [3.8, 4) is 0 Å². The molecular weight excluding hydrogens is 372 g/mol. The molecule has 0 aromatic heterocycles. The molecule has 0 unspecified atom stereocenters. The first-order valence-corrected chi connectivity index (χ1v) is 10.7. The van der Waals surface area contributed by atoms with Gasteiger partial charge in [-0.05, 0) is 23.8 Å². The number of carbonyl (C=O) groups is 1. The van der Waals surface area contributed by atoms with Gasteiger partial charge in [0, 0.05) is 23.3 Å². The maximum absolute atomic E-state index is 12.9. The van der Waals surface area contributed by atoms with Crippen LogP contribution in [0.3, 0.4) is 0 Å². The van der Waals surface area contributed by atoms with Crippen molar-refractivity contribution < 1.29 is 13.2 Å². The Balaban J connectivity index is 1.68. The summed E-state index contributed by atoms with van der Waals surface area (Å²) in [6.07, 6.45) is 0. The van der Waals surface area contributed by atoms with Crippen molar-refractivity contribution in [1.82, 2.24) is 4.90 Å². The Morgan fingerprint density at radius 1 is 0.962 bits per heavy atom. The maximum Gasteiger partial charge on any atom is 0.241 e. The lowest BCUT2D eigenvalue weighted by Gasteiger charge is -2.43. The summed E-state index contributed by atoms with van der Waals surface area (Å²) in [6, 6.07) is 16.2. The van der Waals surface area contributed by atoms with Gasteiger partial charge in [-0.25, -0.2) is 8.42 Å². The fourth-order valence-corrected chi connectivity index (χ4v) is 6.08. The highest BCUT2D eigenvalue weighted by Gasteiger charge is 2.49. The summed E-state index contributed by atoms with van der Waals surface area (Å²) in [7, 11) is -3.20. The molecule has 7 heteroatoms. The van der Waals surface area contributed by atoms with Crippen molar-refractivity contribution in [2.75, 3.05) is 23.0 Å². The molecule has 2 heterocycles. The van der Waals surface area contributed by atoms with Crippen LogP contribution in [0.15, 0.2) is 54.6 Å². The molecule has 0 spiro atoms. The van der Waals surface area contributed by atoms with Gasteiger partial charge in [-0.1, -0.05) is 48.0 Å². The Morgan fingerprint density at radius 3 is 2.35 bits per heavy atom. The van der Waals surface area contributed by atoms with Gasteiger partial charge in [-0.3, -0.25) is 9.69 Å². The molecule has 4 rings (SSSR count). The van der Waals surface area contributed by atoms with Crippen LogP contribution in [0.25, 0.3) is 0 Å². The molecule has 2 fully saturated rings. The van der Waals surface area contributed by atoms with E-state index in [1.807, 2.05) is 59.5 Å². The van der Waals surface area contributed by atoms with Gasteiger partial charge in [0.25, 0.3) is 0 Å². The van der Waals surface area contributed by atoms with Gasteiger partial charge in [0.05, 0.1) is 24.1 Å². The van der Waals surface area contributed by atoms with Crippen LogP contribution in [0.4, 0.5) is 5.69 Å². The van der Waals surface area contributed by atoms with Gasteiger partial charge in [-0.2, -0.15) is 0 Å². The van der Waals surface area contributed by atoms with Crippen LogP contribution in [0.1, 0.15) is 5.56 Å². The largest absolute Gasteiger partial charge is 0.306 e. The summed E-state index contributed by atoms with van der Waals surface area (Å²) in [6.45, 7) is 0.640. The first-order chi connectivity index (χ1) is 12.4. The van der Waals surface area contributed by atoms with Crippen LogP contribution in [0.5, 0.6) is 0 Å². The topological polar surface area (TPSA) is 57.7 Å². The van der Waals surface area contributed by atoms with Crippen molar-refractivity contribution in [3.63, 3.8) is 0 Å². The molecular formula is C19H19ClN2O3S. The van der Waals surface area contributed by atoms with E-state index in [4.69, 9.17) is 11.6 Å². The number of halogens is 1. The molecule has 2 aliphatic rings. The molecule has 2 aliphatic heterocycles. The summed E-state index contributed by atoms with van der Waals surface area (Å²) in [5, 5.41) is 0.628. The zero-order chi connectivity index (χ0) is 18.3. The van der Waals surface area contributed by atoms with Crippen molar-refractivity contribution in [2.24, 2.45) is 0 Å². The van der Waals surface area contributed by atoms with E-state index >= 15 is 0 Å². The molecule has 0 saturated carbocycles. The van der Waals surface area contributed by atoms with Crippen LogP contribution in [0, 0.1) is 0 Å². The van der Waals surface area contributed by atoms with E-state index in [1.54, 1.807) is 4.90 Å². The molecule has 0 radical (unpaired) electrons. The number of para-hydroxylation sites is 1. The van der Waals surface area contributed by atoms with Gasteiger partial charge in [0.2, 0.25) is 5.91 Å². The summed E-state index contributed by atoms with van der Waals surface area (Å²) in [5.41, 5.74) is 1.65. The van der Waals surface area contributed by atoms with Gasteiger partial charge in [-0.15, -0.1) is 0 Å². The monoisotopic (exact) mass is 390 g/mol. The zero-order valence-electron chi connectivity index (χ0n) is 14.1. The smallest absolute Gasteiger partial charge is 0.241 e. The Labute approximate surface area is 158 Å². The number of piperazine rings is 1. The van der Waals surface area contributed by atoms with Gasteiger partial charge < -0.3 is 4.90 Å². The molecule has 1 amide bonds. The molecule has 2 aromatic carbocycles. The molecule has 5 nitrogen and oxygen atoms in total. The van der Waals surface area contributed by atoms with Crippen molar-refractivity contribution >= 4 is 33.0 Å². The number of carbonyl (C=O) groups excluding carboxylic acids is 1. The van der Waals surface area contributed by atoms with Gasteiger partial charge in [0.15, 0.2) is 9.84 Å². The summed E-state index contributed by atoms with van der Waals surface area (Å²) >= 11 is 6.26. The standard InChI is InChI=1S/C19H19ClN2O3S/c20-16-9-5-4-6-14(16)10-21-11-19(23)22(15-7-2-1-3-8-15)18-13-26(24,25)12-17(18)21/h1-9,17-18H,10-13H2/t17-,18-/m0/s1. The highest BCUT2D eigenvalue weighted by Crippen LogP contribution is 2.33. The average molecular weight is 391 g/mol. The normalized spacial score (nSPS) is 25.3. The van der Waals surface area contributed by atoms with Gasteiger partial charge in [0.1, 0.15) is 0 Å². The number of sulfone groups is 1. The first-order valence-electron chi connectivity index (χ1n) is 8.49. The van der Waals surface area contributed by atoms with Crippen molar-refractivity contribution in [1.29, 1.82) is 0 Å². The molecule has 2 aromatic rings. The third-order valence-electron chi connectivity index (χ3n) is 5.07. The number of benzene rings is 2. The van der Waals surface area contributed by atoms with Gasteiger partial charge >= 0.3 is 0 Å². The minimum atomic E-state index is -3.20. The van der Waals surface area contributed by atoms with Crippen LogP contribution in [-0.2, 0) is 21.2 Å². The lowest BCUT2D eigenvalue weighted by molar-refractivity contribution is -0.123. The number of hydrogen-bond acceptors (Lipinski definition) is 4. The molecule has 26 heavy (non-hydrogen) atoms. The summed E-state index contributed by atoms with van der Waals surface area (Å²) in [4.78, 5) is 16.5. The van der Waals surface area contributed by atoms with E-state index in [-0.39, 0.29) is 36.0 Å². The van der Waals surface area contributed by atoms with Crippen LogP contribution < -0.4 is 4.90 Å². The predicted molar refractivity (Wildman–Crippen MR) is 102 cm³/mol. The van der Waals surface area contributed by atoms with E-state index in [0.29, 0.717) is 11.6 Å². The molecule has 0 aliphatic carbocycles. The number of hydrogen-bond donors (Lipinski definition) is 0. The second-order valence-electron chi connectivity index (χ2n) is 6.81. The number of amides is 1. The first kappa shape index (κ1) is 17.5. The second kappa shape index (κ2) is 6.68. The van der Waals surface area contributed by atoms with E-state index in [2.05, 4.69) is 0 Å². The minimum Gasteiger partial charge on any atom is -0.306 e. The molecule has 136 valence electrons. The van der Waals surface area contributed by atoms with E-state index in [9.17, 15) is 13.2 Å². The van der Waals surface area contributed by atoms with Crippen molar-refractivity contribution in [2.45, 2.75) is 18.6 Å². The molecule has 0 N–H and O–H groups in total. The molecule has 0 bridgehead atoms. The highest BCUT2D eigenvalue weighted by molar-refractivity contribution is 7.91. The second-order valence-corrected chi connectivity index (χ2v) is 9.37. The quantitative estimate of drug-likeness (QED) is 0.807. The maximum atomic E-state index is 12.9. The fraction of sp³-hybridized carbons (Fsp3) is 0.316. The third-order valence-corrected chi connectivity index (χ3v) is 7.13. The van der Waals surface area contributed by atoms with Crippen LogP contribution in [-0.4, -0.2) is 49.4 Å². The number of fused-ring (bicyclic) bond motifs is 1. The van der Waals surface area contributed by atoms with E-state index in [0.717, 1.165) is 11.3 Å². The molecule has 2 saturated heterocycles. The minimum absolute atomic E-state index is 0.00266. The summed E-state index contributed by atoms with van der Waals surface area (Å²) in [5.74, 6) is -0.0163. The zero-order valence-corrected chi connectivity index (χ0v) is 15.7. The Hall–Kier alpha value is -1.89. The predicted octanol–water partition coefficient (Wildman–Crippen LogP) is 2.35. The molecule has 2 atom stereocenters. The number of anilines is 1. The van der Waals surface area contributed by atoms with E-state index < -0.39 is 9.84 Å². The Kier molecular flexibility index (Phi) is 4.50. The Bertz CT molecular complexity index is 933. The Morgan fingerprint density at radius 2 is 1.62 bits per heavy atom.